The first-order valence-electron chi connectivity index (χ1n) is 5.06. The number of alkyl halides is 2. The van der Waals surface area contributed by atoms with E-state index in [1.54, 1.807) is 6.07 Å². The number of halogens is 3. The van der Waals surface area contributed by atoms with Crippen LogP contribution in [0.2, 0.25) is 5.02 Å². The average Bonchev–Trinajstić information content (AvgIpc) is 2.28. The summed E-state index contributed by atoms with van der Waals surface area (Å²) in [5, 5.41) is 2.39. The fourth-order valence-electron chi connectivity index (χ4n) is 1.13. The van der Waals surface area contributed by atoms with Crippen molar-refractivity contribution >= 4 is 23.2 Å². The molecule has 1 aromatic carbocycles. The number of amides is 1. The Labute approximate surface area is 103 Å². The monoisotopic (exact) mass is 263 g/mol. The average molecular weight is 264 g/mol. The van der Waals surface area contributed by atoms with Gasteiger partial charge in [0.05, 0.1) is 12.3 Å². The van der Waals surface area contributed by atoms with Gasteiger partial charge in [-0.15, -0.1) is 0 Å². The maximum Gasteiger partial charge on any atom is 0.315 e. The van der Waals surface area contributed by atoms with Gasteiger partial charge < -0.3 is 10.1 Å². The smallest absolute Gasteiger partial charge is 0.315 e. The van der Waals surface area contributed by atoms with Crippen LogP contribution in [0.25, 0.3) is 0 Å². The second-order valence-electron chi connectivity index (χ2n) is 3.28. The molecule has 0 radical (unpaired) electrons. The molecule has 0 aromatic heterocycles. The first kappa shape index (κ1) is 13.7. The molecular weight excluding hydrogens is 252 g/mol. The molecule has 0 bridgehead atoms. The summed E-state index contributed by atoms with van der Waals surface area (Å²) in [4.78, 5) is 10.9. The summed E-state index contributed by atoms with van der Waals surface area (Å²) >= 11 is 5.72. The topological polar surface area (TPSA) is 38.3 Å². The predicted molar refractivity (Wildman–Crippen MR) is 61.9 cm³/mol. The number of carbonyl (C=O) groups is 1. The molecule has 0 saturated heterocycles. The van der Waals surface area contributed by atoms with Crippen LogP contribution in [-0.4, -0.2) is 18.9 Å². The van der Waals surface area contributed by atoms with Gasteiger partial charge >= 0.3 is 6.43 Å². The minimum absolute atomic E-state index is 0.149. The summed E-state index contributed by atoms with van der Waals surface area (Å²) in [5.41, 5.74) is 0.149. The van der Waals surface area contributed by atoms with Crippen molar-refractivity contribution in [3.63, 3.8) is 0 Å². The first-order chi connectivity index (χ1) is 8.04. The van der Waals surface area contributed by atoms with E-state index < -0.39 is 12.3 Å². The van der Waals surface area contributed by atoms with Crippen molar-refractivity contribution in [3.05, 3.63) is 23.2 Å². The first-order valence-corrected chi connectivity index (χ1v) is 5.43. The lowest BCUT2D eigenvalue weighted by molar-refractivity contribution is -0.126. The minimum atomic E-state index is -3.08. The van der Waals surface area contributed by atoms with E-state index in [1.807, 2.05) is 6.92 Å². The fourth-order valence-corrected chi connectivity index (χ4v) is 1.30. The summed E-state index contributed by atoms with van der Waals surface area (Å²) in [6.45, 7) is 2.34. The number of nitrogens with one attached hydrogen (secondary N) is 1. The van der Waals surface area contributed by atoms with Gasteiger partial charge in [0.1, 0.15) is 5.75 Å². The van der Waals surface area contributed by atoms with Gasteiger partial charge in [0.15, 0.2) is 0 Å². The lowest BCUT2D eigenvalue weighted by atomic mass is 10.3. The van der Waals surface area contributed by atoms with Crippen molar-refractivity contribution in [3.8, 4) is 5.75 Å². The highest BCUT2D eigenvalue weighted by Crippen LogP contribution is 2.28. The van der Waals surface area contributed by atoms with Crippen LogP contribution in [0.5, 0.6) is 5.75 Å². The Bertz CT molecular complexity index is 399. The second-order valence-corrected chi connectivity index (χ2v) is 3.72. The Morgan fingerprint density at radius 2 is 2.24 bits per heavy atom. The van der Waals surface area contributed by atoms with Crippen molar-refractivity contribution in [1.82, 2.24) is 0 Å². The maximum atomic E-state index is 12.1. The van der Waals surface area contributed by atoms with E-state index in [9.17, 15) is 13.6 Å². The number of anilines is 1. The van der Waals surface area contributed by atoms with Gasteiger partial charge in [-0.1, -0.05) is 18.5 Å². The highest BCUT2D eigenvalue weighted by atomic mass is 35.5. The van der Waals surface area contributed by atoms with Crippen molar-refractivity contribution in [2.75, 3.05) is 11.9 Å². The molecule has 94 valence electrons. The van der Waals surface area contributed by atoms with Crippen molar-refractivity contribution in [1.29, 1.82) is 0 Å². The molecule has 0 spiro atoms. The SMILES string of the molecule is CCCOc1ccc(Cl)cc1NC(=O)C(F)F. The van der Waals surface area contributed by atoms with Crippen LogP contribution in [0.4, 0.5) is 14.5 Å². The molecular formula is C11H12ClF2NO2. The molecule has 0 aliphatic heterocycles. The van der Waals surface area contributed by atoms with E-state index in [0.29, 0.717) is 17.4 Å². The van der Waals surface area contributed by atoms with E-state index in [4.69, 9.17) is 16.3 Å². The van der Waals surface area contributed by atoms with Gasteiger partial charge in [0.2, 0.25) is 0 Å². The molecule has 1 rings (SSSR count). The van der Waals surface area contributed by atoms with E-state index in [0.717, 1.165) is 6.42 Å². The molecule has 3 nitrogen and oxygen atoms in total. The number of hydrogen-bond donors (Lipinski definition) is 1. The van der Waals surface area contributed by atoms with Crippen molar-refractivity contribution in [2.45, 2.75) is 19.8 Å². The highest BCUT2D eigenvalue weighted by Gasteiger charge is 2.17. The van der Waals surface area contributed by atoms with Gasteiger partial charge in [0.25, 0.3) is 5.91 Å². The predicted octanol–water partition coefficient (Wildman–Crippen LogP) is 3.33. The Morgan fingerprint density at radius 1 is 1.53 bits per heavy atom. The van der Waals surface area contributed by atoms with Crippen molar-refractivity contribution < 1.29 is 18.3 Å². The van der Waals surface area contributed by atoms with Crippen LogP contribution in [0.15, 0.2) is 18.2 Å². The standard InChI is InChI=1S/C11H12ClF2NO2/c1-2-5-17-9-4-3-7(12)6-8(9)15-11(16)10(13)14/h3-4,6,10H,2,5H2,1H3,(H,15,16). The summed E-state index contributed by atoms with van der Waals surface area (Å²) in [6, 6.07) is 4.45. The summed E-state index contributed by atoms with van der Waals surface area (Å²) < 4.78 is 29.5. The lowest BCUT2D eigenvalue weighted by Gasteiger charge is -2.12. The van der Waals surface area contributed by atoms with Crippen LogP contribution in [0, 0.1) is 0 Å². The Morgan fingerprint density at radius 3 is 2.82 bits per heavy atom. The molecule has 1 N–H and O–H groups in total. The highest BCUT2D eigenvalue weighted by molar-refractivity contribution is 6.31. The minimum Gasteiger partial charge on any atom is -0.491 e. The molecule has 0 aliphatic carbocycles. The zero-order valence-electron chi connectivity index (χ0n) is 9.17. The summed E-state index contributed by atoms with van der Waals surface area (Å²) in [7, 11) is 0. The number of rotatable bonds is 5. The van der Waals surface area contributed by atoms with Gasteiger partial charge in [-0.3, -0.25) is 4.79 Å². The fraction of sp³-hybridized carbons (Fsp3) is 0.364. The van der Waals surface area contributed by atoms with Gasteiger partial charge in [-0.25, -0.2) is 0 Å². The number of carbonyl (C=O) groups excluding carboxylic acids is 1. The van der Waals surface area contributed by atoms with Gasteiger partial charge in [-0.05, 0) is 24.6 Å². The van der Waals surface area contributed by atoms with Gasteiger partial charge in [0, 0.05) is 5.02 Å². The largest absolute Gasteiger partial charge is 0.491 e. The third-order valence-corrected chi connectivity index (χ3v) is 2.09. The molecule has 17 heavy (non-hydrogen) atoms. The zero-order chi connectivity index (χ0) is 12.8. The van der Waals surface area contributed by atoms with Crippen molar-refractivity contribution in [2.24, 2.45) is 0 Å². The molecule has 0 fully saturated rings. The maximum absolute atomic E-state index is 12.1. The molecule has 0 saturated carbocycles. The zero-order valence-corrected chi connectivity index (χ0v) is 9.93. The lowest BCUT2D eigenvalue weighted by Crippen LogP contribution is -2.20. The molecule has 0 heterocycles. The Kier molecular flexibility index (Phi) is 5.15. The van der Waals surface area contributed by atoms with Crippen LogP contribution in [-0.2, 0) is 4.79 Å². The third-order valence-electron chi connectivity index (χ3n) is 1.86. The van der Waals surface area contributed by atoms with E-state index in [-0.39, 0.29) is 5.69 Å². The Hall–Kier alpha value is -1.36. The quantitative estimate of drug-likeness (QED) is 0.885. The molecule has 0 aliphatic rings. The normalized spacial score (nSPS) is 10.4. The van der Waals surface area contributed by atoms with E-state index in [2.05, 4.69) is 5.32 Å². The Balaban J connectivity index is 2.86. The molecule has 0 atom stereocenters. The van der Waals surface area contributed by atoms with Gasteiger partial charge in [-0.2, -0.15) is 8.78 Å². The molecule has 6 heteroatoms. The van der Waals surface area contributed by atoms with Crippen LogP contribution in [0.1, 0.15) is 13.3 Å². The molecule has 0 unspecified atom stereocenters. The molecule has 1 amide bonds. The van der Waals surface area contributed by atoms with E-state index >= 15 is 0 Å². The van der Waals surface area contributed by atoms with Crippen LogP contribution >= 0.6 is 11.6 Å². The molecule has 1 aromatic rings. The number of benzene rings is 1. The summed E-state index contributed by atoms with van der Waals surface area (Å²) in [6.07, 6.45) is -2.31. The number of hydrogen-bond acceptors (Lipinski definition) is 2. The third kappa shape index (κ3) is 4.19. The van der Waals surface area contributed by atoms with Crippen LogP contribution < -0.4 is 10.1 Å². The summed E-state index contributed by atoms with van der Waals surface area (Å²) in [5.74, 6) is -1.06. The van der Waals surface area contributed by atoms with Crippen LogP contribution in [0.3, 0.4) is 0 Å². The number of ether oxygens (including phenoxy) is 1. The second kappa shape index (κ2) is 6.39. The van der Waals surface area contributed by atoms with E-state index in [1.165, 1.54) is 12.1 Å².